The number of carboxylic acid groups (broad SMARTS) is 1. The summed E-state index contributed by atoms with van der Waals surface area (Å²) in [6.07, 6.45) is 4.40. The zero-order chi connectivity index (χ0) is 14.1. The Labute approximate surface area is 125 Å². The molecular weight excluding hydrogens is 320 g/mol. The van der Waals surface area contributed by atoms with Crippen molar-refractivity contribution in [3.63, 3.8) is 0 Å². The summed E-state index contributed by atoms with van der Waals surface area (Å²) < 4.78 is 1.00. The number of aliphatic carboxylic acids is 1. The van der Waals surface area contributed by atoms with Crippen LogP contribution in [0.15, 0.2) is 34.9 Å². The fourth-order valence-electron chi connectivity index (χ4n) is 2.82. The number of carboxylic acids is 1. The topological polar surface area (TPSA) is 53.4 Å². The Morgan fingerprint density at radius 2 is 2.15 bits per heavy atom. The molecule has 1 aliphatic heterocycles. The quantitative estimate of drug-likeness (QED) is 0.913. The molecule has 0 amide bonds. The van der Waals surface area contributed by atoms with Crippen molar-refractivity contribution in [2.24, 2.45) is 0 Å². The van der Waals surface area contributed by atoms with E-state index in [9.17, 15) is 9.90 Å². The monoisotopic (exact) mass is 334 g/mol. The van der Waals surface area contributed by atoms with Gasteiger partial charge in [0.1, 0.15) is 11.9 Å². The highest BCUT2D eigenvalue weighted by Crippen LogP contribution is 2.32. The van der Waals surface area contributed by atoms with E-state index in [0.717, 1.165) is 40.4 Å². The van der Waals surface area contributed by atoms with Crippen LogP contribution < -0.4 is 4.90 Å². The lowest BCUT2D eigenvalue weighted by atomic mass is 10.0. The van der Waals surface area contributed by atoms with E-state index in [1.165, 1.54) is 0 Å². The number of carbonyl (C=O) groups is 1. The van der Waals surface area contributed by atoms with Gasteiger partial charge in [-0.25, -0.2) is 9.78 Å². The van der Waals surface area contributed by atoms with Gasteiger partial charge in [0.15, 0.2) is 0 Å². The molecule has 4 nitrogen and oxygen atoms in total. The number of fused-ring (bicyclic) bond motifs is 1. The number of rotatable bonds is 2. The molecule has 2 heterocycles. The maximum absolute atomic E-state index is 11.5. The van der Waals surface area contributed by atoms with Gasteiger partial charge in [-0.2, -0.15) is 0 Å². The van der Waals surface area contributed by atoms with Gasteiger partial charge in [-0.1, -0.05) is 28.1 Å². The zero-order valence-electron chi connectivity index (χ0n) is 10.9. The van der Waals surface area contributed by atoms with Crippen molar-refractivity contribution in [2.75, 3.05) is 11.4 Å². The molecule has 1 unspecified atom stereocenters. The fourth-order valence-corrected chi connectivity index (χ4v) is 3.32. The highest BCUT2D eigenvalue weighted by molar-refractivity contribution is 9.10. The van der Waals surface area contributed by atoms with Crippen LogP contribution in [0, 0.1) is 0 Å². The van der Waals surface area contributed by atoms with Gasteiger partial charge in [0.2, 0.25) is 0 Å². The van der Waals surface area contributed by atoms with Gasteiger partial charge in [-0.05, 0) is 31.4 Å². The summed E-state index contributed by atoms with van der Waals surface area (Å²) in [6, 6.07) is 7.41. The minimum absolute atomic E-state index is 0.471. The first-order valence-electron chi connectivity index (χ1n) is 6.71. The molecule has 1 atom stereocenters. The highest BCUT2D eigenvalue weighted by Gasteiger charge is 2.30. The number of benzene rings is 1. The normalized spacial score (nSPS) is 19.2. The zero-order valence-corrected chi connectivity index (χ0v) is 12.5. The molecule has 0 aliphatic carbocycles. The second kappa shape index (κ2) is 5.40. The summed E-state index contributed by atoms with van der Waals surface area (Å²) in [6.45, 7) is 0.746. The van der Waals surface area contributed by atoms with Crippen LogP contribution in [0.5, 0.6) is 0 Å². The lowest BCUT2D eigenvalue weighted by molar-refractivity contribution is -0.139. The molecule has 2 aromatic rings. The Balaban J connectivity index is 2.13. The van der Waals surface area contributed by atoms with E-state index in [1.807, 2.05) is 29.2 Å². The lowest BCUT2D eigenvalue weighted by Crippen LogP contribution is -2.45. The van der Waals surface area contributed by atoms with Gasteiger partial charge in [0.25, 0.3) is 0 Å². The van der Waals surface area contributed by atoms with E-state index in [4.69, 9.17) is 0 Å². The highest BCUT2D eigenvalue weighted by atomic mass is 79.9. The molecule has 0 bridgehead atoms. The SMILES string of the molecule is O=C(O)C1CCCCN1c1nccc2c(Br)cccc12. The number of hydrogen-bond acceptors (Lipinski definition) is 3. The van der Waals surface area contributed by atoms with Crippen LogP contribution in [-0.4, -0.2) is 28.6 Å². The first-order valence-corrected chi connectivity index (χ1v) is 7.50. The van der Waals surface area contributed by atoms with E-state index in [0.29, 0.717) is 6.42 Å². The van der Waals surface area contributed by atoms with E-state index in [1.54, 1.807) is 6.20 Å². The summed E-state index contributed by atoms with van der Waals surface area (Å²) in [5.74, 6) is 0.00870. The average Bonchev–Trinajstić information content (AvgIpc) is 2.47. The molecule has 1 N–H and O–H groups in total. The summed E-state index contributed by atoms with van der Waals surface area (Å²) in [4.78, 5) is 17.8. The molecule has 3 rings (SSSR count). The Kier molecular flexibility index (Phi) is 3.61. The predicted molar refractivity (Wildman–Crippen MR) is 82.1 cm³/mol. The first-order chi connectivity index (χ1) is 9.68. The van der Waals surface area contributed by atoms with E-state index in [-0.39, 0.29) is 0 Å². The number of anilines is 1. The summed E-state index contributed by atoms with van der Waals surface area (Å²) in [7, 11) is 0. The van der Waals surface area contributed by atoms with Gasteiger partial charge in [0.05, 0.1) is 0 Å². The number of halogens is 1. The number of aromatic nitrogens is 1. The van der Waals surface area contributed by atoms with Gasteiger partial charge in [0, 0.05) is 28.0 Å². The Hall–Kier alpha value is -1.62. The van der Waals surface area contributed by atoms with E-state index in [2.05, 4.69) is 20.9 Å². The Morgan fingerprint density at radius 3 is 2.95 bits per heavy atom. The van der Waals surface area contributed by atoms with Crippen molar-refractivity contribution in [3.05, 3.63) is 34.9 Å². The Bertz CT molecular complexity index is 659. The maximum atomic E-state index is 11.5. The second-order valence-corrected chi connectivity index (χ2v) is 5.87. The third-order valence-electron chi connectivity index (χ3n) is 3.79. The van der Waals surface area contributed by atoms with Crippen LogP contribution in [-0.2, 0) is 4.79 Å². The molecule has 0 saturated carbocycles. The molecule has 1 saturated heterocycles. The summed E-state index contributed by atoms with van der Waals surface area (Å²) in [5, 5.41) is 11.5. The second-order valence-electron chi connectivity index (χ2n) is 5.01. The third-order valence-corrected chi connectivity index (χ3v) is 4.48. The van der Waals surface area contributed by atoms with Crippen molar-refractivity contribution < 1.29 is 9.90 Å². The van der Waals surface area contributed by atoms with Gasteiger partial charge >= 0.3 is 5.97 Å². The molecule has 104 valence electrons. The van der Waals surface area contributed by atoms with Crippen LogP contribution in [0.3, 0.4) is 0 Å². The predicted octanol–water partition coefficient (Wildman–Crippen LogP) is 3.44. The van der Waals surface area contributed by atoms with Gasteiger partial charge in [-0.15, -0.1) is 0 Å². The fraction of sp³-hybridized carbons (Fsp3) is 0.333. The number of nitrogens with zero attached hydrogens (tertiary/aromatic N) is 2. The van der Waals surface area contributed by atoms with Crippen LogP contribution in [0.25, 0.3) is 10.8 Å². The molecule has 1 aliphatic rings. The van der Waals surface area contributed by atoms with Crippen molar-refractivity contribution in [2.45, 2.75) is 25.3 Å². The average molecular weight is 335 g/mol. The van der Waals surface area contributed by atoms with E-state index >= 15 is 0 Å². The number of pyridine rings is 1. The largest absolute Gasteiger partial charge is 0.480 e. The third kappa shape index (κ3) is 2.26. The van der Waals surface area contributed by atoms with Crippen molar-refractivity contribution in [1.82, 2.24) is 4.98 Å². The molecule has 0 radical (unpaired) electrons. The smallest absolute Gasteiger partial charge is 0.326 e. The standard InChI is InChI=1S/C15H15BrN2O2/c16-12-5-3-4-11-10(12)7-8-17-14(11)18-9-2-1-6-13(18)15(19)20/h3-5,7-8,13H,1-2,6,9H2,(H,19,20). The molecule has 5 heteroatoms. The van der Waals surface area contributed by atoms with Crippen molar-refractivity contribution in [3.8, 4) is 0 Å². The molecule has 0 spiro atoms. The van der Waals surface area contributed by atoms with Crippen LogP contribution in [0.2, 0.25) is 0 Å². The van der Waals surface area contributed by atoms with Gasteiger partial charge < -0.3 is 10.0 Å². The summed E-state index contributed by atoms with van der Waals surface area (Å²) >= 11 is 3.54. The molecule has 1 aromatic heterocycles. The van der Waals surface area contributed by atoms with Crippen molar-refractivity contribution >= 4 is 38.5 Å². The Morgan fingerprint density at radius 1 is 1.30 bits per heavy atom. The first kappa shape index (κ1) is 13.4. The molecule has 20 heavy (non-hydrogen) atoms. The molecule has 1 fully saturated rings. The number of piperidine rings is 1. The molecular formula is C15H15BrN2O2. The minimum atomic E-state index is -0.765. The maximum Gasteiger partial charge on any atom is 0.326 e. The van der Waals surface area contributed by atoms with Crippen LogP contribution >= 0.6 is 15.9 Å². The number of hydrogen-bond donors (Lipinski definition) is 1. The van der Waals surface area contributed by atoms with E-state index < -0.39 is 12.0 Å². The van der Waals surface area contributed by atoms with Gasteiger partial charge in [-0.3, -0.25) is 0 Å². The minimum Gasteiger partial charge on any atom is -0.480 e. The molecule has 1 aromatic carbocycles. The lowest BCUT2D eigenvalue weighted by Gasteiger charge is -2.34. The van der Waals surface area contributed by atoms with Crippen LogP contribution in [0.1, 0.15) is 19.3 Å². The van der Waals surface area contributed by atoms with Crippen molar-refractivity contribution in [1.29, 1.82) is 0 Å². The van der Waals surface area contributed by atoms with Crippen LogP contribution in [0.4, 0.5) is 5.82 Å². The summed E-state index contributed by atoms with van der Waals surface area (Å²) in [5.41, 5.74) is 0.